The van der Waals surface area contributed by atoms with Crippen molar-refractivity contribution in [1.82, 2.24) is 5.16 Å². The fourth-order valence-electron chi connectivity index (χ4n) is 2.32. The van der Waals surface area contributed by atoms with E-state index in [1.807, 2.05) is 24.3 Å². The lowest BCUT2D eigenvalue weighted by Gasteiger charge is -2.06. The van der Waals surface area contributed by atoms with Crippen molar-refractivity contribution in [2.45, 2.75) is 13.3 Å². The number of aryl methyl sites for hydroxylation is 1. The van der Waals surface area contributed by atoms with E-state index in [4.69, 9.17) is 10.3 Å². The van der Waals surface area contributed by atoms with E-state index in [1.54, 1.807) is 0 Å². The van der Waals surface area contributed by atoms with Crippen LogP contribution in [-0.4, -0.2) is 5.16 Å². The Labute approximate surface area is 131 Å². The van der Waals surface area contributed by atoms with E-state index in [0.29, 0.717) is 5.88 Å². The van der Waals surface area contributed by atoms with Crippen LogP contribution in [0.4, 0.5) is 5.88 Å². The molecule has 0 fully saturated rings. The highest BCUT2D eigenvalue weighted by Gasteiger charge is 2.19. The molecule has 0 spiro atoms. The van der Waals surface area contributed by atoms with Gasteiger partial charge in [-0.25, -0.2) is 0 Å². The molecular weight excluding hydrogens is 328 g/mol. The molecule has 21 heavy (non-hydrogen) atoms. The highest BCUT2D eigenvalue weighted by Crippen LogP contribution is 2.39. The molecule has 0 bridgehead atoms. The summed E-state index contributed by atoms with van der Waals surface area (Å²) in [4.78, 5) is 0. The highest BCUT2D eigenvalue weighted by atomic mass is 79.9. The third-order valence-electron chi connectivity index (χ3n) is 3.50. The maximum Gasteiger partial charge on any atom is 0.230 e. The third-order valence-corrected chi connectivity index (χ3v) is 4.19. The van der Waals surface area contributed by atoms with Crippen molar-refractivity contribution >= 4 is 21.8 Å². The Morgan fingerprint density at radius 3 is 2.48 bits per heavy atom. The summed E-state index contributed by atoms with van der Waals surface area (Å²) in [6.07, 6.45) is 1.01. The maximum atomic E-state index is 5.99. The molecule has 0 atom stereocenters. The van der Waals surface area contributed by atoms with Gasteiger partial charge in [0.25, 0.3) is 0 Å². The first-order valence-electron chi connectivity index (χ1n) is 6.80. The molecule has 1 aromatic heterocycles. The Morgan fingerprint density at radius 2 is 1.81 bits per heavy atom. The third kappa shape index (κ3) is 2.59. The molecular formula is C17H15BrN2O. The van der Waals surface area contributed by atoms with Crippen LogP contribution in [0.2, 0.25) is 0 Å². The molecule has 3 rings (SSSR count). The SMILES string of the molecule is CCc1ccc(-c2noc(N)c2-c2ccccc2Br)cc1. The predicted octanol–water partition coefficient (Wildman–Crippen LogP) is 4.92. The van der Waals surface area contributed by atoms with E-state index in [-0.39, 0.29) is 0 Å². The second-order valence-corrected chi connectivity index (χ2v) is 5.66. The van der Waals surface area contributed by atoms with Crippen LogP contribution < -0.4 is 5.73 Å². The number of anilines is 1. The van der Waals surface area contributed by atoms with Crippen LogP contribution in [0.25, 0.3) is 22.4 Å². The summed E-state index contributed by atoms with van der Waals surface area (Å²) in [6.45, 7) is 2.13. The lowest BCUT2D eigenvalue weighted by Crippen LogP contribution is -1.89. The van der Waals surface area contributed by atoms with Crippen LogP contribution in [0.3, 0.4) is 0 Å². The fourth-order valence-corrected chi connectivity index (χ4v) is 2.81. The average Bonchev–Trinajstić information content (AvgIpc) is 2.89. The molecule has 0 amide bonds. The average molecular weight is 343 g/mol. The van der Waals surface area contributed by atoms with E-state index in [0.717, 1.165) is 33.3 Å². The van der Waals surface area contributed by atoms with Crippen LogP contribution in [0.1, 0.15) is 12.5 Å². The summed E-state index contributed by atoms with van der Waals surface area (Å²) >= 11 is 3.56. The van der Waals surface area contributed by atoms with Crippen LogP contribution in [0.15, 0.2) is 57.5 Å². The number of nitrogen functional groups attached to an aromatic ring is 1. The summed E-state index contributed by atoms with van der Waals surface area (Å²) in [7, 11) is 0. The largest absolute Gasteiger partial charge is 0.367 e. The van der Waals surface area contributed by atoms with E-state index in [1.165, 1.54) is 5.56 Å². The van der Waals surface area contributed by atoms with E-state index >= 15 is 0 Å². The smallest absolute Gasteiger partial charge is 0.230 e. The molecule has 3 aromatic rings. The minimum atomic E-state index is 0.330. The van der Waals surface area contributed by atoms with Gasteiger partial charge in [-0.3, -0.25) is 0 Å². The van der Waals surface area contributed by atoms with Gasteiger partial charge >= 0.3 is 0 Å². The van der Waals surface area contributed by atoms with Crippen molar-refractivity contribution in [3.63, 3.8) is 0 Å². The number of nitrogens with zero attached hydrogens (tertiary/aromatic N) is 1. The number of rotatable bonds is 3. The predicted molar refractivity (Wildman–Crippen MR) is 88.9 cm³/mol. The molecule has 0 saturated heterocycles. The summed E-state index contributed by atoms with van der Waals surface area (Å²) in [5, 5.41) is 4.14. The van der Waals surface area contributed by atoms with Gasteiger partial charge in [-0.15, -0.1) is 0 Å². The van der Waals surface area contributed by atoms with Crippen molar-refractivity contribution in [3.05, 3.63) is 58.6 Å². The molecule has 4 heteroatoms. The van der Waals surface area contributed by atoms with E-state index in [2.05, 4.69) is 52.3 Å². The second-order valence-electron chi connectivity index (χ2n) is 4.80. The van der Waals surface area contributed by atoms with Crippen LogP contribution >= 0.6 is 15.9 Å². The molecule has 3 nitrogen and oxygen atoms in total. The number of nitrogens with two attached hydrogens (primary N) is 1. The first-order valence-corrected chi connectivity index (χ1v) is 7.59. The van der Waals surface area contributed by atoms with Crippen molar-refractivity contribution in [3.8, 4) is 22.4 Å². The Kier molecular flexibility index (Phi) is 3.80. The Balaban J connectivity index is 2.15. The van der Waals surface area contributed by atoms with Gasteiger partial charge in [-0.2, -0.15) is 0 Å². The maximum absolute atomic E-state index is 5.99. The molecule has 2 aromatic carbocycles. The van der Waals surface area contributed by atoms with Gasteiger partial charge in [-0.05, 0) is 18.1 Å². The van der Waals surface area contributed by atoms with Crippen LogP contribution in [0.5, 0.6) is 0 Å². The minimum Gasteiger partial charge on any atom is -0.367 e. The number of hydrogen-bond acceptors (Lipinski definition) is 3. The van der Waals surface area contributed by atoms with Crippen molar-refractivity contribution in [2.24, 2.45) is 0 Å². The molecule has 0 aliphatic heterocycles. The summed E-state index contributed by atoms with van der Waals surface area (Å²) in [5.41, 5.74) is 10.8. The van der Waals surface area contributed by atoms with Gasteiger partial charge in [-0.1, -0.05) is 70.5 Å². The fraction of sp³-hybridized carbons (Fsp3) is 0.118. The van der Waals surface area contributed by atoms with Gasteiger partial charge in [0, 0.05) is 15.6 Å². The lowest BCUT2D eigenvalue weighted by atomic mass is 10.00. The molecule has 0 unspecified atom stereocenters. The van der Waals surface area contributed by atoms with E-state index < -0.39 is 0 Å². The Bertz CT molecular complexity index is 763. The summed E-state index contributed by atoms with van der Waals surface area (Å²) in [6, 6.07) is 16.2. The van der Waals surface area contributed by atoms with E-state index in [9.17, 15) is 0 Å². The summed E-state index contributed by atoms with van der Waals surface area (Å²) in [5.74, 6) is 0.330. The second kappa shape index (κ2) is 5.74. The zero-order valence-electron chi connectivity index (χ0n) is 11.6. The van der Waals surface area contributed by atoms with Gasteiger partial charge in [0.2, 0.25) is 5.88 Å². The number of hydrogen-bond donors (Lipinski definition) is 1. The molecule has 1 heterocycles. The van der Waals surface area contributed by atoms with Crippen molar-refractivity contribution < 1.29 is 4.52 Å². The molecule has 0 aliphatic rings. The number of aromatic nitrogens is 1. The Morgan fingerprint density at radius 1 is 1.10 bits per heavy atom. The Hall–Kier alpha value is -2.07. The number of halogens is 1. The zero-order chi connectivity index (χ0) is 14.8. The molecule has 0 aliphatic carbocycles. The van der Waals surface area contributed by atoms with Gasteiger partial charge in [0.1, 0.15) is 5.69 Å². The van der Waals surface area contributed by atoms with Crippen molar-refractivity contribution in [1.29, 1.82) is 0 Å². The summed E-state index contributed by atoms with van der Waals surface area (Å²) < 4.78 is 6.19. The van der Waals surface area contributed by atoms with Crippen molar-refractivity contribution in [2.75, 3.05) is 5.73 Å². The molecule has 0 saturated carbocycles. The first-order chi connectivity index (χ1) is 10.2. The first kappa shape index (κ1) is 13.9. The number of benzene rings is 2. The molecule has 2 N–H and O–H groups in total. The van der Waals surface area contributed by atoms with Crippen LogP contribution in [-0.2, 0) is 6.42 Å². The van der Waals surface area contributed by atoms with Gasteiger partial charge in [0.15, 0.2) is 0 Å². The van der Waals surface area contributed by atoms with Crippen LogP contribution in [0, 0.1) is 0 Å². The van der Waals surface area contributed by atoms with Gasteiger partial charge in [0.05, 0.1) is 5.56 Å². The highest BCUT2D eigenvalue weighted by molar-refractivity contribution is 9.10. The molecule has 0 radical (unpaired) electrons. The monoisotopic (exact) mass is 342 g/mol. The van der Waals surface area contributed by atoms with Gasteiger partial charge < -0.3 is 10.3 Å². The topological polar surface area (TPSA) is 52.0 Å². The normalized spacial score (nSPS) is 10.8. The quantitative estimate of drug-likeness (QED) is 0.735. The zero-order valence-corrected chi connectivity index (χ0v) is 13.2. The minimum absolute atomic E-state index is 0.330. The standard InChI is InChI=1S/C17H15BrN2O/c1-2-11-7-9-12(10-8-11)16-15(17(19)21-20-16)13-5-3-4-6-14(13)18/h3-10H,2,19H2,1H3. The lowest BCUT2D eigenvalue weighted by molar-refractivity contribution is 0.439. The molecule has 106 valence electrons.